The molecule has 0 saturated carbocycles. The molecule has 0 heterocycles. The van der Waals surface area contributed by atoms with Gasteiger partial charge in [0.25, 0.3) is 0 Å². The Labute approximate surface area is 119 Å². The molecule has 0 aliphatic carbocycles. The molecule has 5 nitrogen and oxygen atoms in total. The lowest BCUT2D eigenvalue weighted by molar-refractivity contribution is 0.387. The summed E-state index contributed by atoms with van der Waals surface area (Å²) < 4.78 is 44.7. The average molecular weight is 304 g/mol. The molecule has 0 amide bonds. The standard InChI is InChI=1S/C13H21FN2O3S/c1-4-7-15-9-10(2)20(17,18)16-11-5-6-12(14)13(8-11)19-3/h5-6,8,10,15-16H,4,7,9H2,1-3H3. The first-order valence-electron chi connectivity index (χ1n) is 6.46. The van der Waals surface area contributed by atoms with Gasteiger partial charge in [-0.05, 0) is 32.0 Å². The number of rotatable bonds is 8. The van der Waals surface area contributed by atoms with Crippen molar-refractivity contribution in [1.29, 1.82) is 0 Å². The van der Waals surface area contributed by atoms with Crippen molar-refractivity contribution in [2.24, 2.45) is 0 Å². The molecule has 1 unspecified atom stereocenters. The molecule has 7 heteroatoms. The molecule has 0 bridgehead atoms. The third-order valence-corrected chi connectivity index (χ3v) is 4.55. The van der Waals surface area contributed by atoms with Crippen molar-refractivity contribution in [3.63, 3.8) is 0 Å². The minimum Gasteiger partial charge on any atom is -0.494 e. The highest BCUT2D eigenvalue weighted by Crippen LogP contribution is 2.22. The van der Waals surface area contributed by atoms with Gasteiger partial charge in [-0.25, -0.2) is 12.8 Å². The van der Waals surface area contributed by atoms with Crippen LogP contribution in [0.2, 0.25) is 0 Å². The SMILES string of the molecule is CCCNCC(C)S(=O)(=O)Nc1ccc(F)c(OC)c1. The van der Waals surface area contributed by atoms with Gasteiger partial charge in [0.05, 0.1) is 18.0 Å². The summed E-state index contributed by atoms with van der Waals surface area (Å²) in [4.78, 5) is 0. The Morgan fingerprint density at radius 2 is 2.10 bits per heavy atom. The topological polar surface area (TPSA) is 67.4 Å². The summed E-state index contributed by atoms with van der Waals surface area (Å²) in [6.07, 6.45) is 0.940. The molecule has 0 radical (unpaired) electrons. The van der Waals surface area contributed by atoms with Crippen molar-refractivity contribution in [3.8, 4) is 5.75 Å². The number of benzene rings is 1. The van der Waals surface area contributed by atoms with Crippen LogP contribution < -0.4 is 14.8 Å². The first-order chi connectivity index (χ1) is 9.40. The van der Waals surface area contributed by atoms with Crippen LogP contribution >= 0.6 is 0 Å². The number of hydrogen-bond acceptors (Lipinski definition) is 4. The molecule has 2 N–H and O–H groups in total. The molecule has 0 spiro atoms. The van der Waals surface area contributed by atoms with Gasteiger partial charge < -0.3 is 10.1 Å². The molecule has 1 aromatic carbocycles. The molecule has 0 aliphatic rings. The van der Waals surface area contributed by atoms with Crippen molar-refractivity contribution in [3.05, 3.63) is 24.0 Å². The summed E-state index contributed by atoms with van der Waals surface area (Å²) >= 11 is 0. The third kappa shape index (κ3) is 4.64. The van der Waals surface area contributed by atoms with Crippen LogP contribution in [0.25, 0.3) is 0 Å². The van der Waals surface area contributed by atoms with Gasteiger partial charge in [0.2, 0.25) is 10.0 Å². The van der Waals surface area contributed by atoms with Gasteiger partial charge in [-0.15, -0.1) is 0 Å². The molecule has 114 valence electrons. The summed E-state index contributed by atoms with van der Waals surface area (Å²) in [5.74, 6) is -0.532. The van der Waals surface area contributed by atoms with E-state index in [9.17, 15) is 12.8 Å². The normalized spacial score (nSPS) is 13.0. The minimum absolute atomic E-state index is 0.00182. The van der Waals surface area contributed by atoms with Crippen molar-refractivity contribution >= 4 is 15.7 Å². The quantitative estimate of drug-likeness (QED) is 0.721. The van der Waals surface area contributed by atoms with E-state index >= 15 is 0 Å². The Morgan fingerprint density at radius 3 is 2.70 bits per heavy atom. The number of ether oxygens (including phenoxy) is 1. The van der Waals surface area contributed by atoms with Crippen LogP contribution in [0.4, 0.5) is 10.1 Å². The van der Waals surface area contributed by atoms with Gasteiger partial charge in [-0.2, -0.15) is 0 Å². The first-order valence-corrected chi connectivity index (χ1v) is 8.01. The lowest BCUT2D eigenvalue weighted by atomic mass is 10.3. The number of hydrogen-bond donors (Lipinski definition) is 2. The highest BCUT2D eigenvalue weighted by Gasteiger charge is 2.20. The van der Waals surface area contributed by atoms with E-state index < -0.39 is 21.1 Å². The van der Waals surface area contributed by atoms with E-state index in [0.717, 1.165) is 19.0 Å². The highest BCUT2D eigenvalue weighted by atomic mass is 32.2. The molecule has 0 aliphatic heterocycles. The van der Waals surface area contributed by atoms with E-state index in [1.807, 2.05) is 6.92 Å². The summed E-state index contributed by atoms with van der Waals surface area (Å²) in [5.41, 5.74) is 0.283. The fourth-order valence-corrected chi connectivity index (χ4v) is 2.57. The predicted octanol–water partition coefficient (Wildman–Crippen LogP) is 1.96. The van der Waals surface area contributed by atoms with E-state index in [1.54, 1.807) is 6.92 Å². The van der Waals surface area contributed by atoms with Gasteiger partial charge in [0.1, 0.15) is 0 Å². The molecule has 1 aromatic rings. The monoisotopic (exact) mass is 304 g/mol. The highest BCUT2D eigenvalue weighted by molar-refractivity contribution is 7.93. The molecular formula is C13H21FN2O3S. The molecule has 0 fully saturated rings. The summed E-state index contributed by atoms with van der Waals surface area (Å²) in [7, 11) is -2.19. The molecule has 1 rings (SSSR count). The van der Waals surface area contributed by atoms with Gasteiger partial charge in [-0.3, -0.25) is 4.72 Å². The lowest BCUT2D eigenvalue weighted by Gasteiger charge is -2.16. The maximum Gasteiger partial charge on any atom is 0.236 e. The van der Waals surface area contributed by atoms with Gasteiger partial charge >= 0.3 is 0 Å². The Kier molecular flexibility index (Phi) is 6.22. The van der Waals surface area contributed by atoms with E-state index in [2.05, 4.69) is 10.0 Å². The van der Waals surface area contributed by atoms with Crippen LogP contribution in [0.1, 0.15) is 20.3 Å². The number of anilines is 1. The van der Waals surface area contributed by atoms with Crippen molar-refractivity contribution in [1.82, 2.24) is 5.32 Å². The van der Waals surface area contributed by atoms with E-state index in [1.165, 1.54) is 19.2 Å². The number of methoxy groups -OCH3 is 1. The number of halogens is 1. The van der Waals surface area contributed by atoms with Crippen LogP contribution in [0, 0.1) is 5.82 Å². The van der Waals surface area contributed by atoms with Crippen molar-refractivity contribution < 1.29 is 17.5 Å². The van der Waals surface area contributed by atoms with E-state index in [-0.39, 0.29) is 11.4 Å². The fraction of sp³-hybridized carbons (Fsp3) is 0.538. The Hall–Kier alpha value is -1.34. The average Bonchev–Trinajstić information content (AvgIpc) is 2.40. The van der Waals surface area contributed by atoms with Crippen LogP contribution in [-0.4, -0.2) is 33.9 Å². The first kappa shape index (κ1) is 16.7. The lowest BCUT2D eigenvalue weighted by Crippen LogP contribution is -2.35. The zero-order valence-corrected chi connectivity index (χ0v) is 12.8. The van der Waals surface area contributed by atoms with Crippen LogP contribution in [0.5, 0.6) is 5.75 Å². The second kappa shape index (κ2) is 7.44. The second-order valence-corrected chi connectivity index (χ2v) is 6.61. The zero-order chi connectivity index (χ0) is 15.2. The molecule has 1 atom stereocenters. The Bertz CT molecular complexity index is 534. The summed E-state index contributed by atoms with van der Waals surface area (Å²) in [6, 6.07) is 3.84. The van der Waals surface area contributed by atoms with E-state index in [0.29, 0.717) is 6.54 Å². The second-order valence-electron chi connectivity index (χ2n) is 4.51. The number of nitrogens with one attached hydrogen (secondary N) is 2. The largest absolute Gasteiger partial charge is 0.494 e. The number of sulfonamides is 1. The molecule has 20 heavy (non-hydrogen) atoms. The van der Waals surface area contributed by atoms with E-state index in [4.69, 9.17) is 4.74 Å². The molecule has 0 aromatic heterocycles. The minimum atomic E-state index is -3.52. The van der Waals surface area contributed by atoms with Gasteiger partial charge in [0.15, 0.2) is 11.6 Å². The fourth-order valence-electron chi connectivity index (χ4n) is 1.58. The zero-order valence-electron chi connectivity index (χ0n) is 11.9. The maximum atomic E-state index is 13.3. The maximum absolute atomic E-state index is 13.3. The Morgan fingerprint density at radius 1 is 1.40 bits per heavy atom. The molecule has 0 saturated heterocycles. The van der Waals surface area contributed by atoms with Gasteiger partial charge in [-0.1, -0.05) is 6.92 Å². The van der Waals surface area contributed by atoms with Crippen molar-refractivity contribution in [2.45, 2.75) is 25.5 Å². The Balaban J connectivity index is 2.75. The van der Waals surface area contributed by atoms with Gasteiger partial charge in [0, 0.05) is 12.6 Å². The van der Waals surface area contributed by atoms with Crippen LogP contribution in [-0.2, 0) is 10.0 Å². The third-order valence-electron chi connectivity index (χ3n) is 2.80. The smallest absolute Gasteiger partial charge is 0.236 e. The predicted molar refractivity (Wildman–Crippen MR) is 78.1 cm³/mol. The van der Waals surface area contributed by atoms with Crippen molar-refractivity contribution in [2.75, 3.05) is 24.9 Å². The summed E-state index contributed by atoms with van der Waals surface area (Å²) in [5, 5.41) is 2.46. The molecular weight excluding hydrogens is 283 g/mol. The van der Waals surface area contributed by atoms with Crippen LogP contribution in [0.3, 0.4) is 0 Å². The van der Waals surface area contributed by atoms with Crippen LogP contribution in [0.15, 0.2) is 18.2 Å². The summed E-state index contributed by atoms with van der Waals surface area (Å²) in [6.45, 7) is 4.76.